The molecule has 0 saturated heterocycles. The van der Waals surface area contributed by atoms with Crippen molar-refractivity contribution in [2.45, 2.75) is 13.8 Å². The van der Waals surface area contributed by atoms with Gasteiger partial charge in [-0.25, -0.2) is 18.4 Å². The molecule has 2 aromatic carbocycles. The summed E-state index contributed by atoms with van der Waals surface area (Å²) in [6, 6.07) is 10.0. The number of rotatable bonds is 2. The number of carboxylic acids is 1. The molecule has 0 radical (unpaired) electrons. The fraction of sp³-hybridized carbons (Fsp3) is 0.143. The van der Waals surface area contributed by atoms with Crippen LogP contribution in [0.1, 0.15) is 30.5 Å². The summed E-state index contributed by atoms with van der Waals surface area (Å²) < 4.78 is 32.6. The van der Waals surface area contributed by atoms with Crippen LogP contribution in [0.15, 0.2) is 36.4 Å². The number of aromatic carboxylic acids is 1. The Morgan fingerprint density at radius 1 is 0.862 bits per heavy atom. The van der Waals surface area contributed by atoms with Crippen LogP contribution in [0.2, 0.25) is 0 Å². The molecule has 0 amide bonds. The monoisotopic (exact) mass is 434 g/mol. The van der Waals surface area contributed by atoms with Crippen molar-refractivity contribution in [3.63, 3.8) is 0 Å². The largest absolute Gasteiger partial charge is 0.477 e. The lowest BCUT2D eigenvalue weighted by molar-refractivity contribution is 0.0605. The van der Waals surface area contributed by atoms with Gasteiger partial charge in [0.2, 0.25) is 0 Å². The van der Waals surface area contributed by atoms with Gasteiger partial charge >= 0.3 is 11.9 Å². The maximum absolute atomic E-state index is 13.6. The molecule has 0 unspecified atom stereocenters. The van der Waals surface area contributed by atoms with E-state index in [1.54, 1.807) is 44.2 Å². The molecule has 0 aliphatic heterocycles. The smallest absolute Gasteiger partial charge is 0.348 e. The predicted octanol–water partition coefficient (Wildman–Crippen LogP) is 6.18. The number of carbonyl (C=O) groups is 2. The van der Waals surface area contributed by atoms with Crippen LogP contribution < -0.4 is 0 Å². The Labute approximate surface area is 173 Å². The maximum atomic E-state index is 13.6. The zero-order valence-corrected chi connectivity index (χ0v) is 17.3. The van der Waals surface area contributed by atoms with Gasteiger partial charge in [0.1, 0.15) is 21.4 Å². The zero-order chi connectivity index (χ0) is 21.3. The van der Waals surface area contributed by atoms with E-state index in [2.05, 4.69) is 4.74 Å². The SMILES string of the molecule is COC(=O)c1cc2ccc(C)c(F)c2s1.Cc1ccc2cc(C(=O)O)sc2c1F. The lowest BCUT2D eigenvalue weighted by Gasteiger charge is -1.95. The molecule has 0 atom stereocenters. The second-order valence-corrected chi connectivity index (χ2v) is 8.35. The van der Waals surface area contributed by atoms with Crippen LogP contribution in [0.5, 0.6) is 0 Å². The minimum Gasteiger partial charge on any atom is -0.477 e. The third-order valence-corrected chi connectivity index (χ3v) is 6.49. The summed E-state index contributed by atoms with van der Waals surface area (Å²) in [5.41, 5.74) is 1.12. The van der Waals surface area contributed by atoms with Crippen molar-refractivity contribution in [1.29, 1.82) is 0 Å². The Morgan fingerprint density at radius 3 is 1.76 bits per heavy atom. The summed E-state index contributed by atoms with van der Waals surface area (Å²) in [6.07, 6.45) is 0. The molecule has 4 nitrogen and oxygen atoms in total. The molecule has 0 spiro atoms. The van der Waals surface area contributed by atoms with Gasteiger partial charge in [-0.15, -0.1) is 22.7 Å². The normalized spacial score (nSPS) is 10.7. The minimum absolute atomic E-state index is 0.171. The van der Waals surface area contributed by atoms with Crippen molar-refractivity contribution in [2.24, 2.45) is 0 Å². The first-order valence-electron chi connectivity index (χ1n) is 8.41. The highest BCUT2D eigenvalue weighted by atomic mass is 32.1. The number of carbonyl (C=O) groups excluding carboxylic acids is 1. The van der Waals surface area contributed by atoms with E-state index in [1.165, 1.54) is 13.2 Å². The van der Waals surface area contributed by atoms with Crippen molar-refractivity contribution in [3.8, 4) is 0 Å². The molecule has 2 aromatic heterocycles. The summed E-state index contributed by atoms with van der Waals surface area (Å²) in [5.74, 6) is -2.01. The first-order valence-corrected chi connectivity index (χ1v) is 10.0. The van der Waals surface area contributed by atoms with Crippen LogP contribution in [0.3, 0.4) is 0 Å². The number of hydrogen-bond acceptors (Lipinski definition) is 5. The van der Waals surface area contributed by atoms with Crippen LogP contribution in [-0.4, -0.2) is 24.2 Å². The van der Waals surface area contributed by atoms with Crippen molar-refractivity contribution in [3.05, 3.63) is 68.9 Å². The Balaban J connectivity index is 0.000000166. The summed E-state index contributed by atoms with van der Waals surface area (Å²) in [5, 5.41) is 10.1. The average Bonchev–Trinajstić information content (AvgIpc) is 3.33. The lowest BCUT2D eigenvalue weighted by Crippen LogP contribution is -1.96. The second kappa shape index (κ2) is 8.26. The van der Waals surface area contributed by atoms with E-state index in [0.29, 0.717) is 30.8 Å². The highest BCUT2D eigenvalue weighted by Gasteiger charge is 2.14. The van der Waals surface area contributed by atoms with Gasteiger partial charge in [0.05, 0.1) is 16.5 Å². The van der Waals surface area contributed by atoms with Gasteiger partial charge in [0, 0.05) is 0 Å². The zero-order valence-electron chi connectivity index (χ0n) is 15.7. The van der Waals surface area contributed by atoms with Crippen LogP contribution in [0.25, 0.3) is 20.2 Å². The number of halogens is 2. The first kappa shape index (κ1) is 20.9. The molecule has 1 N–H and O–H groups in total. The molecular weight excluding hydrogens is 418 g/mol. The number of esters is 1. The van der Waals surface area contributed by atoms with Crippen LogP contribution in [0.4, 0.5) is 8.78 Å². The Morgan fingerprint density at radius 2 is 1.31 bits per heavy atom. The molecule has 0 fully saturated rings. The van der Waals surface area contributed by atoms with Crippen molar-refractivity contribution < 1.29 is 28.2 Å². The average molecular weight is 434 g/mol. The van der Waals surface area contributed by atoms with E-state index >= 15 is 0 Å². The number of hydrogen-bond donors (Lipinski definition) is 1. The van der Waals surface area contributed by atoms with E-state index in [-0.39, 0.29) is 16.5 Å². The highest BCUT2D eigenvalue weighted by molar-refractivity contribution is 7.21. The van der Waals surface area contributed by atoms with Crippen LogP contribution in [-0.2, 0) is 4.74 Å². The topological polar surface area (TPSA) is 63.6 Å². The van der Waals surface area contributed by atoms with E-state index in [1.807, 2.05) is 0 Å². The molecule has 2 heterocycles. The number of methoxy groups -OCH3 is 1. The van der Waals surface area contributed by atoms with E-state index in [9.17, 15) is 18.4 Å². The number of thiophene rings is 2. The first-order chi connectivity index (χ1) is 13.7. The van der Waals surface area contributed by atoms with E-state index in [0.717, 1.165) is 28.1 Å². The molecule has 0 aliphatic carbocycles. The lowest BCUT2D eigenvalue weighted by atomic mass is 10.2. The summed E-state index contributed by atoms with van der Waals surface area (Å²) >= 11 is 2.09. The summed E-state index contributed by atoms with van der Waals surface area (Å²) in [6.45, 7) is 3.36. The predicted molar refractivity (Wildman–Crippen MR) is 111 cm³/mol. The Bertz CT molecular complexity index is 1240. The van der Waals surface area contributed by atoms with Crippen molar-refractivity contribution in [1.82, 2.24) is 0 Å². The van der Waals surface area contributed by atoms with Gasteiger partial charge in [-0.2, -0.15) is 0 Å². The molecule has 0 bridgehead atoms. The van der Waals surface area contributed by atoms with Crippen LogP contribution in [0, 0.1) is 25.5 Å². The van der Waals surface area contributed by atoms with Crippen molar-refractivity contribution >= 4 is 54.8 Å². The molecule has 4 rings (SSSR count). The molecular formula is C21H16F2O4S2. The maximum Gasteiger partial charge on any atom is 0.348 e. The summed E-state index contributed by atoms with van der Waals surface area (Å²) in [7, 11) is 1.31. The third-order valence-electron chi connectivity index (χ3n) is 4.24. The molecule has 4 aromatic rings. The van der Waals surface area contributed by atoms with Gasteiger partial charge < -0.3 is 9.84 Å². The van der Waals surface area contributed by atoms with Crippen LogP contribution >= 0.6 is 22.7 Å². The Hall–Kier alpha value is -2.84. The molecule has 150 valence electrons. The standard InChI is InChI=1S/C11H9FO2S.C10H7FO2S/c1-6-3-4-7-5-8(11(13)14-2)15-10(7)9(6)12;1-5-2-3-6-4-7(10(12)13)14-9(6)8(5)11/h3-5H,1-2H3;2-4H,1H3,(H,12,13). The fourth-order valence-corrected chi connectivity index (χ4v) is 4.70. The third kappa shape index (κ3) is 4.13. The van der Waals surface area contributed by atoms with Gasteiger partial charge in [0.25, 0.3) is 0 Å². The minimum atomic E-state index is -1.01. The van der Waals surface area contributed by atoms with E-state index in [4.69, 9.17) is 5.11 Å². The number of carboxylic acid groups (broad SMARTS) is 1. The Kier molecular flexibility index (Phi) is 5.95. The quantitative estimate of drug-likeness (QED) is 0.383. The highest BCUT2D eigenvalue weighted by Crippen LogP contribution is 2.30. The van der Waals surface area contributed by atoms with Crippen molar-refractivity contribution in [2.75, 3.05) is 7.11 Å². The number of ether oxygens (including phenoxy) is 1. The molecule has 8 heteroatoms. The number of benzene rings is 2. The molecule has 0 aliphatic rings. The summed E-state index contributed by atoms with van der Waals surface area (Å²) in [4.78, 5) is 22.5. The second-order valence-electron chi connectivity index (χ2n) is 6.25. The fourth-order valence-electron chi connectivity index (χ4n) is 2.64. The van der Waals surface area contributed by atoms with Gasteiger partial charge in [-0.05, 0) is 47.9 Å². The molecule has 29 heavy (non-hydrogen) atoms. The number of fused-ring (bicyclic) bond motifs is 2. The van der Waals surface area contributed by atoms with Gasteiger partial charge in [0.15, 0.2) is 0 Å². The number of aryl methyl sites for hydroxylation is 2. The molecule has 0 saturated carbocycles. The van der Waals surface area contributed by atoms with E-state index < -0.39 is 11.9 Å². The van der Waals surface area contributed by atoms with Gasteiger partial charge in [-0.3, -0.25) is 0 Å². The van der Waals surface area contributed by atoms with Gasteiger partial charge in [-0.1, -0.05) is 24.3 Å².